The summed E-state index contributed by atoms with van der Waals surface area (Å²) in [6.45, 7) is 7.13. The third kappa shape index (κ3) is 3.46. The van der Waals surface area contributed by atoms with Crippen LogP contribution in [0.5, 0.6) is 0 Å². The standard InChI is InChI=1S/C18H34N2O/c1-3-14-21-18-9-6-17(7-10-18,8-11-18)15-20-12-4-16(19-2)5-13-20/h16,19H,3-15H2,1-2H3. The number of rotatable bonds is 6. The fourth-order valence-electron chi connectivity index (χ4n) is 4.86. The minimum atomic E-state index is 0.275. The molecule has 21 heavy (non-hydrogen) atoms. The van der Waals surface area contributed by atoms with Crippen molar-refractivity contribution in [1.82, 2.24) is 10.2 Å². The summed E-state index contributed by atoms with van der Waals surface area (Å²) in [5.74, 6) is 0. The van der Waals surface area contributed by atoms with Gasteiger partial charge in [0, 0.05) is 19.2 Å². The van der Waals surface area contributed by atoms with Gasteiger partial charge in [-0.3, -0.25) is 0 Å². The lowest BCUT2D eigenvalue weighted by Crippen LogP contribution is -2.53. The van der Waals surface area contributed by atoms with Crippen molar-refractivity contribution in [2.24, 2.45) is 5.41 Å². The van der Waals surface area contributed by atoms with Crippen molar-refractivity contribution in [1.29, 1.82) is 0 Å². The van der Waals surface area contributed by atoms with Crippen molar-refractivity contribution in [2.75, 3.05) is 33.3 Å². The van der Waals surface area contributed by atoms with Crippen molar-refractivity contribution >= 4 is 0 Å². The second kappa shape index (κ2) is 6.55. The third-order valence-electron chi connectivity index (χ3n) is 6.50. The molecular weight excluding hydrogens is 260 g/mol. The highest BCUT2D eigenvalue weighted by molar-refractivity contribution is 5.02. The predicted octanol–water partition coefficient (Wildman–Crippen LogP) is 3.19. The van der Waals surface area contributed by atoms with Crippen molar-refractivity contribution in [3.05, 3.63) is 0 Å². The molecule has 0 unspecified atom stereocenters. The van der Waals surface area contributed by atoms with Gasteiger partial charge in [0.05, 0.1) is 5.60 Å². The van der Waals surface area contributed by atoms with Crippen LogP contribution < -0.4 is 5.32 Å². The van der Waals surface area contributed by atoms with Gasteiger partial charge in [-0.05, 0) is 83.3 Å². The van der Waals surface area contributed by atoms with E-state index in [1.54, 1.807) is 0 Å². The van der Waals surface area contributed by atoms with Crippen LogP contribution in [0.2, 0.25) is 0 Å². The molecular formula is C18H34N2O. The molecule has 0 aromatic carbocycles. The van der Waals surface area contributed by atoms with E-state index < -0.39 is 0 Å². The first kappa shape index (κ1) is 15.8. The summed E-state index contributed by atoms with van der Waals surface area (Å²) < 4.78 is 6.25. The first-order chi connectivity index (χ1) is 10.2. The van der Waals surface area contributed by atoms with E-state index in [0.717, 1.165) is 19.1 Å². The summed E-state index contributed by atoms with van der Waals surface area (Å²) >= 11 is 0. The van der Waals surface area contributed by atoms with Crippen LogP contribution in [0, 0.1) is 5.41 Å². The van der Waals surface area contributed by atoms with Gasteiger partial charge in [0.15, 0.2) is 0 Å². The molecule has 0 spiro atoms. The lowest BCUT2D eigenvalue weighted by atomic mass is 9.58. The first-order valence-corrected chi connectivity index (χ1v) is 9.23. The van der Waals surface area contributed by atoms with Crippen LogP contribution in [0.1, 0.15) is 64.7 Å². The van der Waals surface area contributed by atoms with Gasteiger partial charge in [-0.1, -0.05) is 6.92 Å². The fourth-order valence-corrected chi connectivity index (χ4v) is 4.86. The van der Waals surface area contributed by atoms with Gasteiger partial charge in [-0.25, -0.2) is 0 Å². The van der Waals surface area contributed by atoms with Gasteiger partial charge < -0.3 is 15.0 Å². The molecule has 4 rings (SSSR count). The van der Waals surface area contributed by atoms with Crippen LogP contribution >= 0.6 is 0 Å². The molecule has 0 aromatic heterocycles. The SMILES string of the molecule is CCCOC12CCC(CN3CCC(NC)CC3)(CC1)CC2. The molecule has 0 radical (unpaired) electrons. The number of nitrogens with zero attached hydrogens (tertiary/aromatic N) is 1. The Kier molecular flexibility index (Phi) is 4.92. The summed E-state index contributed by atoms with van der Waals surface area (Å²) in [5, 5.41) is 3.44. The molecule has 3 saturated carbocycles. The van der Waals surface area contributed by atoms with E-state index in [1.165, 1.54) is 71.0 Å². The van der Waals surface area contributed by atoms with E-state index in [9.17, 15) is 0 Å². The number of ether oxygens (including phenoxy) is 1. The summed E-state index contributed by atoms with van der Waals surface area (Å²) in [5.41, 5.74) is 0.903. The highest BCUT2D eigenvalue weighted by Crippen LogP contribution is 2.54. The second-order valence-corrected chi connectivity index (χ2v) is 7.87. The van der Waals surface area contributed by atoms with E-state index in [1.807, 2.05) is 0 Å². The Balaban J connectivity index is 1.50. The van der Waals surface area contributed by atoms with Gasteiger partial charge in [-0.15, -0.1) is 0 Å². The molecule has 0 atom stereocenters. The van der Waals surface area contributed by atoms with Gasteiger partial charge >= 0.3 is 0 Å². The predicted molar refractivity (Wildman–Crippen MR) is 87.6 cm³/mol. The molecule has 1 aliphatic heterocycles. The number of hydrogen-bond acceptors (Lipinski definition) is 3. The number of likely N-dealkylation sites (tertiary alicyclic amines) is 1. The van der Waals surface area contributed by atoms with Crippen LogP contribution in [0.4, 0.5) is 0 Å². The van der Waals surface area contributed by atoms with Crippen molar-refractivity contribution in [3.8, 4) is 0 Å². The summed E-state index contributed by atoms with van der Waals surface area (Å²) in [4.78, 5) is 2.75. The average Bonchev–Trinajstić information content (AvgIpc) is 2.55. The number of piperidine rings is 1. The normalized spacial score (nSPS) is 38.0. The number of fused-ring (bicyclic) bond motifs is 3. The van der Waals surface area contributed by atoms with Crippen molar-refractivity contribution in [3.63, 3.8) is 0 Å². The van der Waals surface area contributed by atoms with Gasteiger partial charge in [0.2, 0.25) is 0 Å². The Labute approximate surface area is 130 Å². The van der Waals surface area contributed by atoms with Crippen LogP contribution in [-0.4, -0.2) is 49.8 Å². The molecule has 4 fully saturated rings. The molecule has 1 saturated heterocycles. The van der Waals surface area contributed by atoms with Crippen molar-refractivity contribution < 1.29 is 4.74 Å². The third-order valence-corrected chi connectivity index (χ3v) is 6.50. The Bertz CT molecular complexity index is 312. The maximum atomic E-state index is 6.25. The molecule has 122 valence electrons. The van der Waals surface area contributed by atoms with Crippen LogP contribution in [-0.2, 0) is 4.74 Å². The Hall–Kier alpha value is -0.120. The molecule has 0 amide bonds. The molecule has 4 aliphatic rings. The first-order valence-electron chi connectivity index (χ1n) is 9.23. The monoisotopic (exact) mass is 294 g/mol. The Morgan fingerprint density at radius 3 is 2.19 bits per heavy atom. The summed E-state index contributed by atoms with van der Waals surface area (Å²) in [6, 6.07) is 0.756. The van der Waals surface area contributed by atoms with Gasteiger partial charge in [-0.2, -0.15) is 0 Å². The minimum absolute atomic E-state index is 0.275. The van der Waals surface area contributed by atoms with E-state index >= 15 is 0 Å². The highest BCUT2D eigenvalue weighted by atomic mass is 16.5. The summed E-state index contributed by atoms with van der Waals surface area (Å²) in [6.07, 6.45) is 12.0. The van der Waals surface area contributed by atoms with E-state index in [0.29, 0.717) is 5.41 Å². The van der Waals surface area contributed by atoms with E-state index in [-0.39, 0.29) is 5.60 Å². The molecule has 3 nitrogen and oxygen atoms in total. The topological polar surface area (TPSA) is 24.5 Å². The molecule has 1 N–H and O–H groups in total. The Morgan fingerprint density at radius 1 is 1.05 bits per heavy atom. The average molecular weight is 294 g/mol. The molecule has 0 aromatic rings. The van der Waals surface area contributed by atoms with Gasteiger partial charge in [0.25, 0.3) is 0 Å². The largest absolute Gasteiger partial charge is 0.375 e. The van der Waals surface area contributed by atoms with E-state index in [2.05, 4.69) is 24.2 Å². The Morgan fingerprint density at radius 2 is 1.67 bits per heavy atom. The van der Waals surface area contributed by atoms with Crippen LogP contribution in [0.3, 0.4) is 0 Å². The number of nitrogens with one attached hydrogen (secondary N) is 1. The fraction of sp³-hybridized carbons (Fsp3) is 1.00. The molecule has 3 heteroatoms. The highest BCUT2D eigenvalue weighted by Gasteiger charge is 2.49. The zero-order valence-corrected chi connectivity index (χ0v) is 14.1. The summed E-state index contributed by atoms with van der Waals surface area (Å²) in [7, 11) is 2.11. The minimum Gasteiger partial charge on any atom is -0.375 e. The molecule has 1 heterocycles. The zero-order chi connectivity index (χ0) is 14.8. The van der Waals surface area contributed by atoms with Crippen molar-refractivity contribution in [2.45, 2.75) is 76.4 Å². The van der Waals surface area contributed by atoms with Crippen LogP contribution in [0.15, 0.2) is 0 Å². The maximum Gasteiger partial charge on any atom is 0.0683 e. The lowest BCUT2D eigenvalue weighted by Gasteiger charge is -2.54. The van der Waals surface area contributed by atoms with Gasteiger partial charge in [0.1, 0.15) is 0 Å². The smallest absolute Gasteiger partial charge is 0.0683 e. The zero-order valence-electron chi connectivity index (χ0n) is 14.1. The molecule has 3 aliphatic carbocycles. The quantitative estimate of drug-likeness (QED) is 0.814. The van der Waals surface area contributed by atoms with Crippen LogP contribution in [0.25, 0.3) is 0 Å². The van der Waals surface area contributed by atoms with E-state index in [4.69, 9.17) is 4.74 Å². The molecule has 2 bridgehead atoms. The second-order valence-electron chi connectivity index (χ2n) is 7.87. The lowest BCUT2D eigenvalue weighted by molar-refractivity contribution is -0.141. The maximum absolute atomic E-state index is 6.25. The number of hydrogen-bond donors (Lipinski definition) is 1.